The molecule has 1 aromatic carbocycles. The fourth-order valence-electron chi connectivity index (χ4n) is 2.78. The number of hydrogen-bond acceptors (Lipinski definition) is 5. The number of anilines is 1. The summed E-state index contributed by atoms with van der Waals surface area (Å²) < 4.78 is 5.33. The number of carbonyl (C=O) groups is 1. The topological polar surface area (TPSA) is 59.2 Å². The Bertz CT molecular complexity index is 681. The molecule has 1 aromatic heterocycles. The first-order valence-corrected chi connectivity index (χ1v) is 9.19. The number of rotatable bonds is 5. The van der Waals surface area contributed by atoms with Crippen LogP contribution in [0, 0.1) is 0 Å². The van der Waals surface area contributed by atoms with Crippen LogP contribution in [0.3, 0.4) is 0 Å². The lowest BCUT2D eigenvalue weighted by atomic mass is 10.0. The fraction of sp³-hybridized carbons (Fsp3) is 0.471. The summed E-state index contributed by atoms with van der Waals surface area (Å²) in [7, 11) is 0. The molecule has 1 amide bonds. The average Bonchev–Trinajstić information content (AvgIpc) is 3.14. The van der Waals surface area contributed by atoms with E-state index < -0.39 is 0 Å². The molecule has 0 N–H and O–H groups in total. The summed E-state index contributed by atoms with van der Waals surface area (Å²) in [5, 5.41) is 3.97. The minimum Gasteiger partial charge on any atom is -0.339 e. The molecule has 5 nitrogen and oxygen atoms in total. The molecule has 0 spiro atoms. The van der Waals surface area contributed by atoms with Crippen molar-refractivity contribution in [1.82, 2.24) is 10.1 Å². The highest BCUT2D eigenvalue weighted by Gasteiger charge is 2.35. The summed E-state index contributed by atoms with van der Waals surface area (Å²) >= 11 is 1.65. The highest BCUT2D eigenvalue weighted by molar-refractivity contribution is 7.97. The molecule has 1 saturated heterocycles. The van der Waals surface area contributed by atoms with E-state index in [1.807, 2.05) is 23.3 Å². The van der Waals surface area contributed by atoms with Crippen molar-refractivity contribution in [3.05, 3.63) is 41.5 Å². The Morgan fingerprint density at radius 2 is 2.09 bits per heavy atom. The summed E-state index contributed by atoms with van der Waals surface area (Å²) in [6, 6.07) is 8.21. The molecule has 0 radical (unpaired) electrons. The smallest absolute Gasteiger partial charge is 0.232 e. The molecule has 0 unspecified atom stereocenters. The van der Waals surface area contributed by atoms with Gasteiger partial charge in [-0.3, -0.25) is 4.79 Å². The second-order valence-electron chi connectivity index (χ2n) is 6.13. The molecule has 2 heterocycles. The van der Waals surface area contributed by atoms with Crippen LogP contribution in [0.5, 0.6) is 0 Å². The van der Waals surface area contributed by atoms with Gasteiger partial charge in [-0.15, -0.1) is 0 Å². The third-order valence-corrected chi connectivity index (χ3v) is 4.65. The Morgan fingerprint density at radius 3 is 2.74 bits per heavy atom. The highest BCUT2D eigenvalue weighted by atomic mass is 32.2. The number of aromatic nitrogens is 2. The van der Waals surface area contributed by atoms with E-state index in [-0.39, 0.29) is 11.8 Å². The molecule has 0 saturated carbocycles. The van der Waals surface area contributed by atoms with Crippen molar-refractivity contribution < 1.29 is 9.32 Å². The molecule has 1 aliphatic rings. The van der Waals surface area contributed by atoms with Gasteiger partial charge in [-0.05, 0) is 29.9 Å². The van der Waals surface area contributed by atoms with Crippen molar-refractivity contribution in [2.75, 3.05) is 17.7 Å². The lowest BCUT2D eigenvalue weighted by Crippen LogP contribution is -2.24. The molecule has 122 valence electrons. The lowest BCUT2D eigenvalue weighted by molar-refractivity contribution is -0.117. The van der Waals surface area contributed by atoms with Gasteiger partial charge in [-0.2, -0.15) is 16.7 Å². The van der Waals surface area contributed by atoms with Crippen molar-refractivity contribution in [3.63, 3.8) is 0 Å². The molecule has 0 bridgehead atoms. The van der Waals surface area contributed by atoms with E-state index in [0.717, 1.165) is 11.4 Å². The van der Waals surface area contributed by atoms with Crippen molar-refractivity contribution >= 4 is 23.4 Å². The van der Waals surface area contributed by atoms with Gasteiger partial charge in [0.2, 0.25) is 11.8 Å². The van der Waals surface area contributed by atoms with Gasteiger partial charge in [-0.1, -0.05) is 31.1 Å². The van der Waals surface area contributed by atoms with Crippen LogP contribution in [-0.4, -0.2) is 28.8 Å². The number of amides is 1. The Morgan fingerprint density at radius 1 is 1.35 bits per heavy atom. The Balaban J connectivity index is 1.73. The zero-order chi connectivity index (χ0) is 16.4. The monoisotopic (exact) mass is 331 g/mol. The van der Waals surface area contributed by atoms with Gasteiger partial charge in [0.05, 0.1) is 11.7 Å². The van der Waals surface area contributed by atoms with E-state index in [1.54, 1.807) is 11.8 Å². The lowest BCUT2D eigenvalue weighted by Gasteiger charge is -2.17. The van der Waals surface area contributed by atoms with Gasteiger partial charge < -0.3 is 9.42 Å². The summed E-state index contributed by atoms with van der Waals surface area (Å²) in [5.74, 6) is 2.57. The van der Waals surface area contributed by atoms with Gasteiger partial charge in [-0.25, -0.2) is 0 Å². The third kappa shape index (κ3) is 3.42. The number of nitrogens with zero attached hydrogens (tertiary/aromatic N) is 3. The first-order chi connectivity index (χ1) is 11.1. The minimum atomic E-state index is -0.0182. The van der Waals surface area contributed by atoms with Crippen LogP contribution in [0.25, 0.3) is 0 Å². The summed E-state index contributed by atoms with van der Waals surface area (Å²) in [5.41, 5.74) is 2.21. The SMILES string of the molecule is CSCc1noc([C@H]2CC(=O)N(c3ccc(C(C)C)cc3)C2)n1. The molecule has 0 aliphatic carbocycles. The van der Waals surface area contributed by atoms with Crippen LogP contribution in [0.15, 0.2) is 28.8 Å². The fourth-order valence-corrected chi connectivity index (χ4v) is 3.16. The van der Waals surface area contributed by atoms with Gasteiger partial charge in [0.1, 0.15) is 0 Å². The van der Waals surface area contributed by atoms with E-state index in [9.17, 15) is 4.79 Å². The Kier molecular flexibility index (Phi) is 4.71. The van der Waals surface area contributed by atoms with E-state index in [4.69, 9.17) is 4.52 Å². The second-order valence-corrected chi connectivity index (χ2v) is 7.00. The second kappa shape index (κ2) is 6.74. The van der Waals surface area contributed by atoms with Gasteiger partial charge in [0.15, 0.2) is 5.82 Å². The zero-order valence-electron chi connectivity index (χ0n) is 13.7. The molecular weight excluding hydrogens is 310 g/mol. The van der Waals surface area contributed by atoms with Crippen molar-refractivity contribution in [3.8, 4) is 0 Å². The standard InChI is InChI=1S/C17H21N3O2S/c1-11(2)12-4-6-14(7-5-12)20-9-13(8-16(20)21)17-18-15(10-23-3)19-22-17/h4-7,11,13H,8-10H2,1-3H3/t13-/m0/s1. The van der Waals surface area contributed by atoms with E-state index in [2.05, 4.69) is 36.1 Å². The van der Waals surface area contributed by atoms with E-state index >= 15 is 0 Å². The quantitative estimate of drug-likeness (QED) is 0.838. The molecule has 2 aromatic rings. The maximum Gasteiger partial charge on any atom is 0.232 e. The summed E-state index contributed by atoms with van der Waals surface area (Å²) in [6.07, 6.45) is 2.42. The minimum absolute atomic E-state index is 0.0182. The van der Waals surface area contributed by atoms with Crippen LogP contribution in [0.4, 0.5) is 5.69 Å². The predicted octanol–water partition coefficient (Wildman–Crippen LogP) is 3.58. The van der Waals surface area contributed by atoms with Crippen LogP contribution >= 0.6 is 11.8 Å². The van der Waals surface area contributed by atoms with Crippen molar-refractivity contribution in [1.29, 1.82) is 0 Å². The van der Waals surface area contributed by atoms with Crippen LogP contribution in [0.1, 0.15) is 49.4 Å². The molecule has 6 heteroatoms. The van der Waals surface area contributed by atoms with Gasteiger partial charge >= 0.3 is 0 Å². The van der Waals surface area contributed by atoms with E-state index in [1.165, 1.54) is 5.56 Å². The molecule has 3 rings (SSSR count). The normalized spacial score (nSPS) is 18.2. The number of hydrogen-bond donors (Lipinski definition) is 0. The van der Waals surface area contributed by atoms with Crippen molar-refractivity contribution in [2.24, 2.45) is 0 Å². The van der Waals surface area contributed by atoms with Crippen LogP contribution in [-0.2, 0) is 10.5 Å². The molecule has 1 atom stereocenters. The maximum atomic E-state index is 12.3. The number of carbonyl (C=O) groups excluding carboxylic acids is 1. The first kappa shape index (κ1) is 16.1. The Hall–Kier alpha value is -1.82. The predicted molar refractivity (Wildman–Crippen MR) is 91.8 cm³/mol. The van der Waals surface area contributed by atoms with Gasteiger partial charge in [0.25, 0.3) is 0 Å². The molecular formula is C17H21N3O2S. The molecule has 1 aliphatic heterocycles. The maximum absolute atomic E-state index is 12.3. The average molecular weight is 331 g/mol. The summed E-state index contributed by atoms with van der Waals surface area (Å²) in [6.45, 7) is 4.92. The largest absolute Gasteiger partial charge is 0.339 e. The zero-order valence-corrected chi connectivity index (χ0v) is 14.5. The van der Waals surface area contributed by atoms with E-state index in [0.29, 0.717) is 30.6 Å². The van der Waals surface area contributed by atoms with Gasteiger partial charge in [0, 0.05) is 18.7 Å². The number of thioether (sulfide) groups is 1. The third-order valence-electron chi connectivity index (χ3n) is 4.10. The Labute approximate surface area is 140 Å². The highest BCUT2D eigenvalue weighted by Crippen LogP contribution is 2.31. The number of benzene rings is 1. The molecule has 23 heavy (non-hydrogen) atoms. The first-order valence-electron chi connectivity index (χ1n) is 7.80. The summed E-state index contributed by atoms with van der Waals surface area (Å²) in [4.78, 5) is 18.6. The van der Waals surface area contributed by atoms with Crippen LogP contribution < -0.4 is 4.90 Å². The van der Waals surface area contributed by atoms with Crippen LogP contribution in [0.2, 0.25) is 0 Å². The van der Waals surface area contributed by atoms with Crippen molar-refractivity contribution in [2.45, 2.75) is 37.9 Å². The molecule has 1 fully saturated rings.